The number of nitrogens with two attached hydrogens (primary N) is 1. The molecule has 1 heterocycles. The first kappa shape index (κ1) is 19.3. The Morgan fingerprint density at radius 3 is 2.77 bits per heavy atom. The van der Waals surface area contributed by atoms with Crippen LogP contribution in [0.3, 0.4) is 0 Å². The zero-order chi connectivity index (χ0) is 18.9. The van der Waals surface area contributed by atoms with Crippen LogP contribution in [0.15, 0.2) is 23.8 Å². The van der Waals surface area contributed by atoms with Crippen LogP contribution < -0.4 is 15.2 Å². The zero-order valence-electron chi connectivity index (χ0n) is 17.1. The van der Waals surface area contributed by atoms with E-state index in [9.17, 15) is 0 Å². The Labute approximate surface area is 159 Å². The molecule has 0 bridgehead atoms. The quantitative estimate of drug-likeness (QED) is 0.403. The van der Waals surface area contributed by atoms with Gasteiger partial charge in [-0.3, -0.25) is 5.73 Å². The predicted molar refractivity (Wildman–Crippen MR) is 108 cm³/mol. The second-order valence-electron chi connectivity index (χ2n) is 8.68. The molecule has 1 aromatic carbocycles. The molecule has 0 fully saturated rings. The van der Waals surface area contributed by atoms with E-state index in [1.807, 2.05) is 6.92 Å². The molecular formula is C23H35NO2. The molecule has 1 aromatic rings. The van der Waals surface area contributed by atoms with Crippen LogP contribution in [0.4, 0.5) is 0 Å². The SMILES string of the molecule is CCCCCc1cc(OC(C)N)c2c(c1)OC(C)(C)[C@@H]1CCC(C)=C[C@@H]21. The number of hydrogen-bond acceptors (Lipinski definition) is 3. The lowest BCUT2D eigenvalue weighted by molar-refractivity contribution is 0.0101. The fourth-order valence-electron chi connectivity index (χ4n) is 4.58. The number of ether oxygens (including phenoxy) is 2. The molecule has 0 spiro atoms. The van der Waals surface area contributed by atoms with E-state index in [0.29, 0.717) is 11.8 Å². The van der Waals surface area contributed by atoms with Gasteiger partial charge in [-0.25, -0.2) is 0 Å². The van der Waals surface area contributed by atoms with Crippen LogP contribution in [0, 0.1) is 5.92 Å². The largest absolute Gasteiger partial charge is 0.487 e. The van der Waals surface area contributed by atoms with Crippen molar-refractivity contribution in [2.24, 2.45) is 11.7 Å². The predicted octanol–water partition coefficient (Wildman–Crippen LogP) is 5.71. The van der Waals surface area contributed by atoms with Gasteiger partial charge in [-0.05, 0) is 71.1 Å². The molecule has 0 radical (unpaired) electrons. The Hall–Kier alpha value is -1.48. The first-order valence-electron chi connectivity index (χ1n) is 10.3. The van der Waals surface area contributed by atoms with Gasteiger partial charge < -0.3 is 9.47 Å². The van der Waals surface area contributed by atoms with Crippen molar-refractivity contribution in [3.8, 4) is 11.5 Å². The number of unbranched alkanes of at least 4 members (excludes halogenated alkanes) is 2. The molecule has 0 amide bonds. The van der Waals surface area contributed by atoms with Crippen LogP contribution in [0.2, 0.25) is 0 Å². The van der Waals surface area contributed by atoms with Crippen LogP contribution in [0.25, 0.3) is 0 Å². The lowest BCUT2D eigenvalue weighted by atomic mass is 9.68. The minimum Gasteiger partial charge on any atom is -0.487 e. The number of hydrogen-bond donors (Lipinski definition) is 1. The smallest absolute Gasteiger partial charge is 0.144 e. The summed E-state index contributed by atoms with van der Waals surface area (Å²) >= 11 is 0. The van der Waals surface area contributed by atoms with Gasteiger partial charge in [0.2, 0.25) is 0 Å². The minimum atomic E-state index is -0.327. The van der Waals surface area contributed by atoms with E-state index in [-0.39, 0.29) is 11.8 Å². The number of allylic oxidation sites excluding steroid dienone is 2. The van der Waals surface area contributed by atoms with Gasteiger partial charge in [-0.1, -0.05) is 31.4 Å². The highest BCUT2D eigenvalue weighted by Gasteiger charge is 2.45. The summed E-state index contributed by atoms with van der Waals surface area (Å²) in [5, 5.41) is 0. The summed E-state index contributed by atoms with van der Waals surface area (Å²) < 4.78 is 12.6. The molecule has 3 atom stereocenters. The van der Waals surface area contributed by atoms with Crippen LogP contribution in [0.1, 0.15) is 83.8 Å². The van der Waals surface area contributed by atoms with E-state index >= 15 is 0 Å². The lowest BCUT2D eigenvalue weighted by Gasteiger charge is -2.47. The molecule has 0 saturated carbocycles. The second-order valence-corrected chi connectivity index (χ2v) is 8.68. The molecule has 26 heavy (non-hydrogen) atoms. The van der Waals surface area contributed by atoms with Gasteiger partial charge in [0.15, 0.2) is 0 Å². The fourth-order valence-corrected chi connectivity index (χ4v) is 4.58. The molecule has 0 aromatic heterocycles. The zero-order valence-corrected chi connectivity index (χ0v) is 17.1. The molecule has 1 unspecified atom stereocenters. The second kappa shape index (κ2) is 7.64. The van der Waals surface area contributed by atoms with Crippen molar-refractivity contribution in [2.75, 3.05) is 0 Å². The summed E-state index contributed by atoms with van der Waals surface area (Å²) in [6.45, 7) is 10.8. The molecular weight excluding hydrogens is 322 g/mol. The minimum absolute atomic E-state index is 0.164. The molecule has 3 rings (SSSR count). The maximum absolute atomic E-state index is 6.54. The molecule has 2 aliphatic rings. The standard InChI is InChI=1S/C23H35NO2/c1-6-7-8-9-17-13-20(25-16(3)24)22-18-12-15(2)10-11-19(18)23(4,5)26-21(22)14-17/h12-14,16,18-19H,6-11,24H2,1-5H3/t16?,18-,19-/m1/s1. The first-order valence-corrected chi connectivity index (χ1v) is 10.3. The van der Waals surface area contributed by atoms with Crippen molar-refractivity contribution < 1.29 is 9.47 Å². The Morgan fingerprint density at radius 1 is 1.31 bits per heavy atom. The number of aryl methyl sites for hydroxylation is 1. The van der Waals surface area contributed by atoms with E-state index < -0.39 is 0 Å². The van der Waals surface area contributed by atoms with Crippen molar-refractivity contribution in [2.45, 2.75) is 90.9 Å². The van der Waals surface area contributed by atoms with Crippen molar-refractivity contribution in [3.63, 3.8) is 0 Å². The van der Waals surface area contributed by atoms with E-state index in [1.165, 1.54) is 36.0 Å². The molecule has 3 nitrogen and oxygen atoms in total. The summed E-state index contributed by atoms with van der Waals surface area (Å²) in [7, 11) is 0. The molecule has 1 aliphatic carbocycles. The average Bonchev–Trinajstić information content (AvgIpc) is 2.53. The van der Waals surface area contributed by atoms with Crippen LogP contribution >= 0.6 is 0 Å². The Kier molecular flexibility index (Phi) is 5.67. The molecule has 144 valence electrons. The maximum atomic E-state index is 6.54. The molecule has 2 N–H and O–H groups in total. The Morgan fingerprint density at radius 2 is 2.08 bits per heavy atom. The van der Waals surface area contributed by atoms with Gasteiger partial charge in [0.1, 0.15) is 23.3 Å². The Balaban J connectivity index is 2.06. The third-order valence-electron chi connectivity index (χ3n) is 5.89. The first-order chi connectivity index (χ1) is 12.3. The highest BCUT2D eigenvalue weighted by Crippen LogP contribution is 2.53. The summed E-state index contributed by atoms with van der Waals surface area (Å²) in [4.78, 5) is 0. The molecule has 3 heteroatoms. The van der Waals surface area contributed by atoms with Gasteiger partial charge in [0.25, 0.3) is 0 Å². The summed E-state index contributed by atoms with van der Waals surface area (Å²) in [5.41, 5.74) is 9.79. The normalized spacial score (nSPS) is 24.8. The van der Waals surface area contributed by atoms with E-state index in [4.69, 9.17) is 15.2 Å². The maximum Gasteiger partial charge on any atom is 0.144 e. The summed E-state index contributed by atoms with van der Waals surface area (Å²) in [6, 6.07) is 4.45. The van der Waals surface area contributed by atoms with Gasteiger partial charge in [-0.2, -0.15) is 0 Å². The number of fused-ring (bicyclic) bond motifs is 3. The van der Waals surface area contributed by atoms with Crippen LogP contribution in [0.5, 0.6) is 11.5 Å². The van der Waals surface area contributed by atoms with Gasteiger partial charge in [0.05, 0.1) is 0 Å². The van der Waals surface area contributed by atoms with Crippen molar-refractivity contribution >= 4 is 0 Å². The van der Waals surface area contributed by atoms with Gasteiger partial charge in [-0.15, -0.1) is 0 Å². The number of benzene rings is 1. The van der Waals surface area contributed by atoms with Crippen LogP contribution in [-0.2, 0) is 6.42 Å². The number of rotatable bonds is 6. The monoisotopic (exact) mass is 357 g/mol. The lowest BCUT2D eigenvalue weighted by Crippen LogP contribution is -2.45. The topological polar surface area (TPSA) is 44.5 Å². The highest BCUT2D eigenvalue weighted by molar-refractivity contribution is 5.54. The average molecular weight is 358 g/mol. The molecule has 1 aliphatic heterocycles. The van der Waals surface area contributed by atoms with Crippen molar-refractivity contribution in [3.05, 3.63) is 34.9 Å². The third-order valence-corrected chi connectivity index (χ3v) is 5.89. The highest BCUT2D eigenvalue weighted by atomic mass is 16.5. The van der Waals surface area contributed by atoms with E-state index in [1.54, 1.807) is 0 Å². The van der Waals surface area contributed by atoms with E-state index in [0.717, 1.165) is 30.8 Å². The summed E-state index contributed by atoms with van der Waals surface area (Å²) in [6.07, 6.45) is 9.15. The fraction of sp³-hybridized carbons (Fsp3) is 0.652. The van der Waals surface area contributed by atoms with Gasteiger partial charge in [0, 0.05) is 17.4 Å². The van der Waals surface area contributed by atoms with Crippen LogP contribution in [-0.4, -0.2) is 11.8 Å². The molecule has 0 saturated heterocycles. The van der Waals surface area contributed by atoms with E-state index in [2.05, 4.69) is 45.9 Å². The van der Waals surface area contributed by atoms with Crippen molar-refractivity contribution in [1.82, 2.24) is 0 Å². The van der Waals surface area contributed by atoms with Gasteiger partial charge >= 0.3 is 0 Å². The third kappa shape index (κ3) is 3.93. The van der Waals surface area contributed by atoms with Crippen molar-refractivity contribution in [1.29, 1.82) is 0 Å². The Bertz CT molecular complexity index is 658. The summed E-state index contributed by atoms with van der Waals surface area (Å²) in [5.74, 6) is 2.73.